The van der Waals surface area contributed by atoms with Crippen LogP contribution in [0, 0.1) is 18.8 Å². The van der Waals surface area contributed by atoms with E-state index in [1.165, 1.54) is 0 Å². The van der Waals surface area contributed by atoms with E-state index >= 15 is 0 Å². The van der Waals surface area contributed by atoms with Crippen molar-refractivity contribution in [3.63, 3.8) is 0 Å². The molecule has 1 aromatic heterocycles. The average molecular weight is 264 g/mol. The van der Waals surface area contributed by atoms with Gasteiger partial charge in [0.15, 0.2) is 0 Å². The topological polar surface area (TPSA) is 80.9 Å². The summed E-state index contributed by atoms with van der Waals surface area (Å²) in [5.41, 5.74) is 6.52. The Morgan fingerprint density at radius 1 is 1.47 bits per heavy atom. The lowest BCUT2D eigenvalue weighted by Gasteiger charge is -2.16. The summed E-state index contributed by atoms with van der Waals surface area (Å²) >= 11 is 0. The van der Waals surface area contributed by atoms with Crippen LogP contribution >= 0.6 is 0 Å². The second-order valence-corrected chi connectivity index (χ2v) is 5.31. The van der Waals surface area contributed by atoms with E-state index in [-0.39, 0.29) is 11.8 Å². The van der Waals surface area contributed by atoms with Crippen LogP contribution in [0.25, 0.3) is 0 Å². The molecule has 0 saturated heterocycles. The molecular formula is C14H24N4O. The number of hydrogen-bond acceptors (Lipinski definition) is 4. The van der Waals surface area contributed by atoms with Gasteiger partial charge in [-0.3, -0.25) is 4.79 Å². The van der Waals surface area contributed by atoms with Crippen LogP contribution in [-0.4, -0.2) is 22.4 Å². The highest BCUT2D eigenvalue weighted by molar-refractivity contribution is 5.76. The van der Waals surface area contributed by atoms with Crippen LogP contribution in [0.1, 0.15) is 38.2 Å². The zero-order valence-corrected chi connectivity index (χ0v) is 12.0. The Bertz CT molecular complexity index is 406. The van der Waals surface area contributed by atoms with Crippen LogP contribution in [0.15, 0.2) is 12.3 Å². The number of carbonyl (C=O) groups is 1. The predicted octanol–water partition coefficient (Wildman–Crippen LogP) is 1.41. The molecule has 1 atom stereocenters. The van der Waals surface area contributed by atoms with E-state index in [2.05, 4.69) is 29.1 Å². The lowest BCUT2D eigenvalue weighted by Crippen LogP contribution is -2.28. The fourth-order valence-electron chi connectivity index (χ4n) is 2.06. The summed E-state index contributed by atoms with van der Waals surface area (Å²) in [7, 11) is 0. The highest BCUT2D eigenvalue weighted by Gasteiger charge is 2.13. The lowest BCUT2D eigenvalue weighted by atomic mass is 9.94. The third kappa shape index (κ3) is 6.29. The van der Waals surface area contributed by atoms with Crippen molar-refractivity contribution in [3.8, 4) is 0 Å². The van der Waals surface area contributed by atoms with Gasteiger partial charge >= 0.3 is 0 Å². The molecule has 3 N–H and O–H groups in total. The molecule has 1 unspecified atom stereocenters. The fraction of sp³-hybridized carbons (Fsp3) is 0.643. The number of aryl methyl sites for hydroxylation is 1. The molecule has 5 nitrogen and oxygen atoms in total. The molecule has 0 fully saturated rings. The highest BCUT2D eigenvalue weighted by Crippen LogP contribution is 2.14. The van der Waals surface area contributed by atoms with Gasteiger partial charge in [0, 0.05) is 12.6 Å². The summed E-state index contributed by atoms with van der Waals surface area (Å²) in [6.45, 7) is 7.12. The quantitative estimate of drug-likeness (QED) is 0.780. The molecule has 0 aliphatic carbocycles. The molecule has 0 aromatic carbocycles. The number of aromatic nitrogens is 2. The van der Waals surface area contributed by atoms with E-state index in [0.29, 0.717) is 31.3 Å². The molecule has 1 amide bonds. The van der Waals surface area contributed by atoms with E-state index in [0.717, 1.165) is 12.1 Å². The largest absolute Gasteiger partial charge is 0.350 e. The lowest BCUT2D eigenvalue weighted by molar-refractivity contribution is -0.122. The summed E-state index contributed by atoms with van der Waals surface area (Å²) in [5.74, 6) is 1.57. The van der Waals surface area contributed by atoms with Gasteiger partial charge in [0.25, 0.3) is 0 Å². The standard InChI is InChI=1S/C14H24N4O/c1-10(2)6-12(8-15)7-14(19)17-9-13-4-5-16-11(3)18-13/h4-5,10,12H,6-9,15H2,1-3H3,(H,17,19). The molecule has 1 rings (SSSR count). The smallest absolute Gasteiger partial charge is 0.220 e. The van der Waals surface area contributed by atoms with Gasteiger partial charge in [0.05, 0.1) is 12.2 Å². The molecule has 106 valence electrons. The van der Waals surface area contributed by atoms with Gasteiger partial charge in [-0.05, 0) is 37.8 Å². The molecule has 0 aliphatic heterocycles. The maximum atomic E-state index is 11.8. The molecule has 0 radical (unpaired) electrons. The number of nitrogens with zero attached hydrogens (tertiary/aromatic N) is 2. The molecule has 1 heterocycles. The van der Waals surface area contributed by atoms with Crippen molar-refractivity contribution in [2.75, 3.05) is 6.54 Å². The van der Waals surface area contributed by atoms with E-state index in [4.69, 9.17) is 5.73 Å². The van der Waals surface area contributed by atoms with E-state index in [1.54, 1.807) is 6.20 Å². The monoisotopic (exact) mass is 264 g/mol. The molecule has 0 spiro atoms. The van der Waals surface area contributed by atoms with E-state index in [1.807, 2.05) is 13.0 Å². The molecule has 0 saturated carbocycles. The molecule has 0 aliphatic rings. The third-order valence-corrected chi connectivity index (χ3v) is 2.91. The van der Waals surface area contributed by atoms with Crippen LogP contribution in [0.5, 0.6) is 0 Å². The van der Waals surface area contributed by atoms with Crippen molar-refractivity contribution < 1.29 is 4.79 Å². The van der Waals surface area contributed by atoms with Crippen LogP contribution in [0.4, 0.5) is 0 Å². The molecule has 19 heavy (non-hydrogen) atoms. The summed E-state index contributed by atoms with van der Waals surface area (Å²) in [5, 5.41) is 2.88. The average Bonchev–Trinajstić information content (AvgIpc) is 2.35. The molecule has 5 heteroatoms. The normalized spacial score (nSPS) is 12.5. The van der Waals surface area contributed by atoms with Crippen molar-refractivity contribution in [2.24, 2.45) is 17.6 Å². The van der Waals surface area contributed by atoms with Crippen LogP contribution in [-0.2, 0) is 11.3 Å². The minimum atomic E-state index is 0.0346. The number of amides is 1. The van der Waals surface area contributed by atoms with Crippen molar-refractivity contribution >= 4 is 5.91 Å². The van der Waals surface area contributed by atoms with Gasteiger partial charge in [0.2, 0.25) is 5.91 Å². The summed E-state index contributed by atoms with van der Waals surface area (Å²) in [6.07, 6.45) is 3.17. The van der Waals surface area contributed by atoms with Gasteiger partial charge < -0.3 is 11.1 Å². The van der Waals surface area contributed by atoms with Gasteiger partial charge in [-0.25, -0.2) is 9.97 Å². The van der Waals surface area contributed by atoms with Gasteiger partial charge in [-0.1, -0.05) is 13.8 Å². The van der Waals surface area contributed by atoms with Crippen molar-refractivity contribution in [2.45, 2.75) is 40.2 Å². The Kier molecular flexibility index (Phi) is 6.42. The van der Waals surface area contributed by atoms with Crippen molar-refractivity contribution in [1.29, 1.82) is 0 Å². The number of hydrogen-bond donors (Lipinski definition) is 2. The third-order valence-electron chi connectivity index (χ3n) is 2.91. The Labute approximate surface area is 115 Å². The van der Waals surface area contributed by atoms with E-state index in [9.17, 15) is 4.79 Å². The predicted molar refractivity (Wildman–Crippen MR) is 75.2 cm³/mol. The number of rotatable bonds is 7. The zero-order valence-electron chi connectivity index (χ0n) is 12.0. The SMILES string of the molecule is Cc1nccc(CNC(=O)CC(CN)CC(C)C)n1. The second kappa shape index (κ2) is 7.84. The first-order valence-corrected chi connectivity index (χ1v) is 6.76. The van der Waals surface area contributed by atoms with Crippen molar-refractivity contribution in [1.82, 2.24) is 15.3 Å². The minimum Gasteiger partial charge on any atom is -0.350 e. The van der Waals surface area contributed by atoms with Crippen LogP contribution in [0.3, 0.4) is 0 Å². The zero-order chi connectivity index (χ0) is 14.3. The Hall–Kier alpha value is -1.49. The Balaban J connectivity index is 2.38. The first-order chi connectivity index (χ1) is 9.01. The fourth-order valence-corrected chi connectivity index (χ4v) is 2.06. The minimum absolute atomic E-state index is 0.0346. The molecule has 0 bridgehead atoms. The number of nitrogens with two attached hydrogens (primary N) is 1. The molecular weight excluding hydrogens is 240 g/mol. The van der Waals surface area contributed by atoms with Gasteiger partial charge in [0.1, 0.15) is 5.82 Å². The number of nitrogens with one attached hydrogen (secondary N) is 1. The molecule has 1 aromatic rings. The first-order valence-electron chi connectivity index (χ1n) is 6.76. The summed E-state index contributed by atoms with van der Waals surface area (Å²) in [6, 6.07) is 1.81. The number of carbonyl (C=O) groups excluding carboxylic acids is 1. The first kappa shape index (κ1) is 15.6. The van der Waals surface area contributed by atoms with Crippen molar-refractivity contribution in [3.05, 3.63) is 23.8 Å². The Morgan fingerprint density at radius 3 is 2.79 bits per heavy atom. The second-order valence-electron chi connectivity index (χ2n) is 5.31. The summed E-state index contributed by atoms with van der Waals surface area (Å²) < 4.78 is 0. The van der Waals surface area contributed by atoms with Gasteiger partial charge in [-0.2, -0.15) is 0 Å². The van der Waals surface area contributed by atoms with Crippen LogP contribution < -0.4 is 11.1 Å². The maximum Gasteiger partial charge on any atom is 0.220 e. The van der Waals surface area contributed by atoms with E-state index < -0.39 is 0 Å². The summed E-state index contributed by atoms with van der Waals surface area (Å²) in [4.78, 5) is 20.1. The van der Waals surface area contributed by atoms with Gasteiger partial charge in [-0.15, -0.1) is 0 Å². The highest BCUT2D eigenvalue weighted by atomic mass is 16.1. The maximum absolute atomic E-state index is 11.8. The Morgan fingerprint density at radius 2 is 2.21 bits per heavy atom. The van der Waals surface area contributed by atoms with Crippen LogP contribution in [0.2, 0.25) is 0 Å².